The highest BCUT2D eigenvalue weighted by molar-refractivity contribution is 5.92. The van der Waals surface area contributed by atoms with E-state index in [2.05, 4.69) is 0 Å². The van der Waals surface area contributed by atoms with E-state index in [4.69, 9.17) is 23.7 Å². The second-order valence-electron chi connectivity index (χ2n) is 6.52. The van der Waals surface area contributed by atoms with Crippen LogP contribution in [0.1, 0.15) is 21.5 Å². The van der Waals surface area contributed by atoms with Crippen LogP contribution in [-0.2, 0) is 18.0 Å². The van der Waals surface area contributed by atoms with Crippen LogP contribution in [0.5, 0.6) is 23.0 Å². The van der Waals surface area contributed by atoms with E-state index in [9.17, 15) is 9.18 Å². The van der Waals surface area contributed by atoms with E-state index in [1.807, 2.05) is 0 Å². The Bertz CT molecular complexity index is 1010. The number of rotatable bonds is 9. The number of benzene rings is 3. The minimum absolute atomic E-state index is 0.00183. The van der Waals surface area contributed by atoms with E-state index in [0.717, 1.165) is 5.56 Å². The topological polar surface area (TPSA) is 63.2 Å². The summed E-state index contributed by atoms with van der Waals surface area (Å²) in [6.07, 6.45) is 0. The number of carbonyl (C=O) groups excluding carboxylic acids is 1. The van der Waals surface area contributed by atoms with Crippen LogP contribution in [-0.4, -0.2) is 27.3 Å². The molecule has 0 amide bonds. The fourth-order valence-corrected chi connectivity index (χ4v) is 2.95. The van der Waals surface area contributed by atoms with Gasteiger partial charge >= 0.3 is 5.97 Å². The Morgan fingerprint density at radius 1 is 0.774 bits per heavy atom. The fraction of sp³-hybridized carbons (Fsp3) is 0.208. The van der Waals surface area contributed by atoms with Gasteiger partial charge < -0.3 is 23.7 Å². The van der Waals surface area contributed by atoms with Crippen LogP contribution >= 0.6 is 0 Å². The standard InChI is InChI=1S/C24H23FO6/c1-27-21-12-17(13-22(28-2)23(21)29-3)15-31-24(26)19-6-4-5-7-20(19)30-14-16-8-10-18(25)11-9-16/h4-13H,14-15H2,1-3H3. The summed E-state index contributed by atoms with van der Waals surface area (Å²) in [5.41, 5.74) is 1.74. The highest BCUT2D eigenvalue weighted by Gasteiger charge is 2.17. The number of esters is 1. The summed E-state index contributed by atoms with van der Waals surface area (Å²) >= 11 is 0. The average Bonchev–Trinajstić information content (AvgIpc) is 2.81. The van der Waals surface area contributed by atoms with Gasteiger partial charge in [-0.05, 0) is 47.5 Å². The maximum atomic E-state index is 13.1. The quantitative estimate of drug-likeness (QED) is 0.459. The lowest BCUT2D eigenvalue weighted by Gasteiger charge is -2.15. The Balaban J connectivity index is 1.70. The third kappa shape index (κ3) is 5.45. The predicted molar refractivity (Wildman–Crippen MR) is 112 cm³/mol. The van der Waals surface area contributed by atoms with Crippen LogP contribution < -0.4 is 18.9 Å². The van der Waals surface area contributed by atoms with Crippen molar-refractivity contribution in [1.82, 2.24) is 0 Å². The Hall–Kier alpha value is -3.74. The second kappa shape index (κ2) is 10.3. The Labute approximate surface area is 180 Å². The predicted octanol–water partition coefficient (Wildman–Crippen LogP) is 4.79. The van der Waals surface area contributed by atoms with E-state index in [-0.39, 0.29) is 24.6 Å². The number of hydrogen-bond donors (Lipinski definition) is 0. The molecule has 0 aromatic heterocycles. The van der Waals surface area contributed by atoms with Gasteiger partial charge in [0, 0.05) is 0 Å². The van der Waals surface area contributed by atoms with Crippen LogP contribution in [0, 0.1) is 5.82 Å². The van der Waals surface area contributed by atoms with Gasteiger partial charge in [0.1, 0.15) is 30.3 Å². The maximum absolute atomic E-state index is 13.1. The molecule has 0 bridgehead atoms. The zero-order valence-electron chi connectivity index (χ0n) is 17.5. The van der Waals surface area contributed by atoms with Gasteiger partial charge in [0.2, 0.25) is 5.75 Å². The molecule has 3 aromatic carbocycles. The van der Waals surface area contributed by atoms with Crippen LogP contribution in [0.4, 0.5) is 4.39 Å². The summed E-state index contributed by atoms with van der Waals surface area (Å²) in [4.78, 5) is 12.7. The molecule has 7 heteroatoms. The van der Waals surface area contributed by atoms with Crippen LogP contribution in [0.3, 0.4) is 0 Å². The zero-order chi connectivity index (χ0) is 22.2. The average molecular weight is 426 g/mol. The zero-order valence-corrected chi connectivity index (χ0v) is 17.5. The minimum Gasteiger partial charge on any atom is -0.493 e. The Kier molecular flexibility index (Phi) is 7.32. The lowest BCUT2D eigenvalue weighted by Crippen LogP contribution is -2.08. The SMILES string of the molecule is COc1cc(COC(=O)c2ccccc2OCc2ccc(F)cc2)cc(OC)c1OC. The summed E-state index contributed by atoms with van der Waals surface area (Å²) in [5.74, 6) is 0.913. The maximum Gasteiger partial charge on any atom is 0.342 e. The number of para-hydroxylation sites is 1. The van der Waals surface area contributed by atoms with E-state index in [1.165, 1.54) is 33.5 Å². The molecular formula is C24H23FO6. The van der Waals surface area contributed by atoms with Crippen LogP contribution in [0.2, 0.25) is 0 Å². The minimum atomic E-state index is -0.538. The van der Waals surface area contributed by atoms with Gasteiger partial charge in [-0.25, -0.2) is 9.18 Å². The highest BCUT2D eigenvalue weighted by atomic mass is 19.1. The molecule has 0 unspecified atom stereocenters. The monoisotopic (exact) mass is 426 g/mol. The first-order chi connectivity index (χ1) is 15.0. The molecule has 0 saturated heterocycles. The smallest absolute Gasteiger partial charge is 0.342 e. The molecule has 0 N–H and O–H groups in total. The van der Waals surface area contributed by atoms with Gasteiger partial charge in [0.05, 0.1) is 21.3 Å². The van der Waals surface area contributed by atoms with Crippen molar-refractivity contribution >= 4 is 5.97 Å². The van der Waals surface area contributed by atoms with Crippen molar-refractivity contribution in [1.29, 1.82) is 0 Å². The molecule has 6 nitrogen and oxygen atoms in total. The lowest BCUT2D eigenvalue weighted by molar-refractivity contribution is 0.0467. The first-order valence-corrected chi connectivity index (χ1v) is 9.48. The van der Waals surface area contributed by atoms with Crippen molar-refractivity contribution in [2.75, 3.05) is 21.3 Å². The van der Waals surface area contributed by atoms with Crippen LogP contribution in [0.15, 0.2) is 60.7 Å². The highest BCUT2D eigenvalue weighted by Crippen LogP contribution is 2.38. The van der Waals surface area contributed by atoms with Crippen molar-refractivity contribution in [3.8, 4) is 23.0 Å². The van der Waals surface area contributed by atoms with Crippen molar-refractivity contribution in [2.24, 2.45) is 0 Å². The van der Waals surface area contributed by atoms with Crippen molar-refractivity contribution in [2.45, 2.75) is 13.2 Å². The van der Waals surface area contributed by atoms with E-state index >= 15 is 0 Å². The molecule has 0 spiro atoms. The van der Waals surface area contributed by atoms with Gasteiger partial charge in [-0.15, -0.1) is 0 Å². The number of carbonyl (C=O) groups is 1. The first-order valence-electron chi connectivity index (χ1n) is 9.48. The van der Waals surface area contributed by atoms with Gasteiger partial charge in [0.25, 0.3) is 0 Å². The van der Waals surface area contributed by atoms with Gasteiger partial charge in [-0.3, -0.25) is 0 Å². The fourth-order valence-electron chi connectivity index (χ4n) is 2.95. The molecule has 0 aliphatic heterocycles. The molecule has 0 aliphatic rings. The van der Waals surface area contributed by atoms with Crippen LogP contribution in [0.25, 0.3) is 0 Å². The van der Waals surface area contributed by atoms with Gasteiger partial charge in [-0.2, -0.15) is 0 Å². The molecule has 3 aromatic rings. The van der Waals surface area contributed by atoms with E-state index in [1.54, 1.807) is 48.5 Å². The Morgan fingerprint density at radius 2 is 1.42 bits per heavy atom. The molecule has 0 radical (unpaired) electrons. The Morgan fingerprint density at radius 3 is 2.03 bits per heavy atom. The first kappa shape index (κ1) is 22.0. The summed E-state index contributed by atoms with van der Waals surface area (Å²) in [5, 5.41) is 0. The third-order valence-electron chi connectivity index (χ3n) is 4.51. The third-order valence-corrected chi connectivity index (χ3v) is 4.51. The van der Waals surface area contributed by atoms with E-state index in [0.29, 0.717) is 28.6 Å². The molecular weight excluding hydrogens is 403 g/mol. The number of hydrogen-bond acceptors (Lipinski definition) is 6. The molecule has 162 valence electrons. The number of ether oxygens (including phenoxy) is 5. The molecule has 0 fully saturated rings. The normalized spacial score (nSPS) is 10.3. The molecule has 3 rings (SSSR count). The van der Waals surface area contributed by atoms with Crippen molar-refractivity contribution in [3.05, 3.63) is 83.2 Å². The molecule has 0 atom stereocenters. The molecule has 0 heterocycles. The van der Waals surface area contributed by atoms with Gasteiger partial charge in [0.15, 0.2) is 11.5 Å². The number of methoxy groups -OCH3 is 3. The molecule has 0 aliphatic carbocycles. The van der Waals surface area contributed by atoms with Crippen molar-refractivity contribution < 1.29 is 32.9 Å². The summed E-state index contributed by atoms with van der Waals surface area (Å²) in [6.45, 7) is 0.194. The summed E-state index contributed by atoms with van der Waals surface area (Å²) in [6, 6.07) is 16.2. The van der Waals surface area contributed by atoms with Gasteiger partial charge in [-0.1, -0.05) is 24.3 Å². The molecule has 0 saturated carbocycles. The number of halogens is 1. The summed E-state index contributed by atoms with van der Waals surface area (Å²) in [7, 11) is 4.55. The summed E-state index contributed by atoms with van der Waals surface area (Å²) < 4.78 is 40.2. The largest absolute Gasteiger partial charge is 0.493 e. The lowest BCUT2D eigenvalue weighted by atomic mass is 10.2. The van der Waals surface area contributed by atoms with Crippen molar-refractivity contribution in [3.63, 3.8) is 0 Å². The van der Waals surface area contributed by atoms with E-state index < -0.39 is 5.97 Å². The molecule has 31 heavy (non-hydrogen) atoms. The second-order valence-corrected chi connectivity index (χ2v) is 6.52.